The van der Waals surface area contributed by atoms with Crippen LogP contribution in [0.4, 0.5) is 17.6 Å². The minimum Gasteiger partial charge on any atom is -0.400 e. The van der Waals surface area contributed by atoms with Crippen LogP contribution in [0.15, 0.2) is 18.3 Å². The van der Waals surface area contributed by atoms with E-state index in [1.54, 1.807) is 0 Å². The van der Waals surface area contributed by atoms with E-state index in [-0.39, 0.29) is 0 Å². The van der Waals surface area contributed by atoms with Gasteiger partial charge in [0.25, 0.3) is 0 Å². The highest BCUT2D eigenvalue weighted by atomic mass is 16.2. The van der Waals surface area contributed by atoms with Crippen molar-refractivity contribution in [3.63, 3.8) is 0 Å². The van der Waals surface area contributed by atoms with Crippen LogP contribution < -0.4 is 10.2 Å². The third kappa shape index (κ3) is 4.48. The molecule has 0 atom stereocenters. The number of hydrogen-bond donors (Lipinski definition) is 3. The van der Waals surface area contributed by atoms with Crippen LogP contribution >= 0.6 is 0 Å². The first-order valence-corrected chi connectivity index (χ1v) is 9.23. The summed E-state index contributed by atoms with van der Waals surface area (Å²) < 4.78 is 0. The van der Waals surface area contributed by atoms with Crippen molar-refractivity contribution in [1.82, 2.24) is 20.2 Å². The second kappa shape index (κ2) is 8.80. The van der Waals surface area contributed by atoms with Gasteiger partial charge in [-0.25, -0.2) is 4.98 Å². The third-order valence-electron chi connectivity index (χ3n) is 4.93. The van der Waals surface area contributed by atoms with Crippen molar-refractivity contribution in [3.05, 3.63) is 24.0 Å². The van der Waals surface area contributed by atoms with Gasteiger partial charge in [0.15, 0.2) is 5.82 Å². The SMILES string of the molecule is CO.c1cc(Nc2cc(C3CCCC3)[nH]n2)nc(N2CCCCC2)n1. The molecule has 2 aliphatic rings. The van der Waals surface area contributed by atoms with Crippen molar-refractivity contribution in [2.75, 3.05) is 30.4 Å². The first-order chi connectivity index (χ1) is 12.4. The van der Waals surface area contributed by atoms with Crippen LogP contribution in [0.3, 0.4) is 0 Å². The molecule has 3 N–H and O–H groups in total. The van der Waals surface area contributed by atoms with Crippen LogP contribution in [-0.4, -0.2) is 45.5 Å². The molecule has 0 unspecified atom stereocenters. The number of rotatable bonds is 4. The predicted octanol–water partition coefficient (Wildman–Crippen LogP) is 3.20. The highest BCUT2D eigenvalue weighted by Crippen LogP contribution is 2.34. The maximum absolute atomic E-state index is 7.00. The maximum atomic E-state index is 7.00. The van der Waals surface area contributed by atoms with Gasteiger partial charge in [-0.05, 0) is 38.2 Å². The molecule has 0 spiro atoms. The van der Waals surface area contributed by atoms with Crippen LogP contribution in [0.5, 0.6) is 0 Å². The van der Waals surface area contributed by atoms with Crippen molar-refractivity contribution in [1.29, 1.82) is 0 Å². The summed E-state index contributed by atoms with van der Waals surface area (Å²) in [6.07, 6.45) is 10.8. The molecule has 2 fully saturated rings. The van der Waals surface area contributed by atoms with E-state index in [1.165, 1.54) is 50.6 Å². The van der Waals surface area contributed by atoms with Gasteiger partial charge in [0, 0.05) is 44.1 Å². The number of aliphatic hydroxyl groups excluding tert-OH is 1. The van der Waals surface area contributed by atoms with E-state index in [4.69, 9.17) is 5.11 Å². The van der Waals surface area contributed by atoms with Crippen LogP contribution in [0.1, 0.15) is 56.6 Å². The lowest BCUT2D eigenvalue weighted by atomic mass is 10.0. The zero-order valence-corrected chi connectivity index (χ0v) is 14.9. The molecule has 4 rings (SSSR count). The second-order valence-corrected chi connectivity index (χ2v) is 6.60. The number of nitrogens with one attached hydrogen (secondary N) is 2. The molecule has 7 heteroatoms. The maximum Gasteiger partial charge on any atom is 0.227 e. The van der Waals surface area contributed by atoms with E-state index in [1.807, 2.05) is 12.3 Å². The molecule has 1 saturated heterocycles. The summed E-state index contributed by atoms with van der Waals surface area (Å²) >= 11 is 0. The topological polar surface area (TPSA) is 90.0 Å². The van der Waals surface area contributed by atoms with Crippen LogP contribution in [0.25, 0.3) is 0 Å². The molecule has 7 nitrogen and oxygen atoms in total. The lowest BCUT2D eigenvalue weighted by Gasteiger charge is -2.26. The van der Waals surface area contributed by atoms with Crippen molar-refractivity contribution in [3.8, 4) is 0 Å². The Kier molecular flexibility index (Phi) is 6.22. The monoisotopic (exact) mass is 344 g/mol. The Morgan fingerprint density at radius 3 is 2.60 bits per heavy atom. The predicted molar refractivity (Wildman–Crippen MR) is 99.3 cm³/mol. The molecule has 1 aliphatic carbocycles. The van der Waals surface area contributed by atoms with Crippen molar-refractivity contribution < 1.29 is 5.11 Å². The van der Waals surface area contributed by atoms with Crippen LogP contribution in [-0.2, 0) is 0 Å². The lowest BCUT2D eigenvalue weighted by Crippen LogP contribution is -2.31. The molecule has 1 aliphatic heterocycles. The van der Waals surface area contributed by atoms with E-state index >= 15 is 0 Å². The number of aromatic amines is 1. The molecule has 1 saturated carbocycles. The molecule has 0 amide bonds. The molecule has 0 bridgehead atoms. The standard InChI is InChI=1S/C17H24N6.CH4O/c1-4-10-23(11-5-1)17-18-9-8-15(20-17)19-16-12-14(21-22-16)13-6-2-3-7-13;1-2/h8-9,12-13H,1-7,10-11H2,(H2,18,19,20,21,22);2H,1H3. The zero-order valence-electron chi connectivity index (χ0n) is 14.9. The molecule has 0 aromatic carbocycles. The number of anilines is 3. The van der Waals surface area contributed by atoms with Gasteiger partial charge in [-0.15, -0.1) is 0 Å². The van der Waals surface area contributed by atoms with Gasteiger partial charge >= 0.3 is 0 Å². The Balaban J connectivity index is 0.000000880. The Morgan fingerprint density at radius 2 is 1.84 bits per heavy atom. The normalized spacial score (nSPS) is 17.9. The fourth-order valence-electron chi connectivity index (χ4n) is 3.64. The molecule has 2 aromatic heterocycles. The molecule has 2 aromatic rings. The smallest absolute Gasteiger partial charge is 0.227 e. The largest absolute Gasteiger partial charge is 0.400 e. The number of nitrogens with zero attached hydrogens (tertiary/aromatic N) is 4. The number of H-pyrrole nitrogens is 1. The molecular weight excluding hydrogens is 316 g/mol. The minimum atomic E-state index is 0.646. The summed E-state index contributed by atoms with van der Waals surface area (Å²) in [6, 6.07) is 4.02. The first kappa shape index (κ1) is 17.7. The van der Waals surface area contributed by atoms with Crippen molar-refractivity contribution in [2.24, 2.45) is 0 Å². The third-order valence-corrected chi connectivity index (χ3v) is 4.93. The van der Waals surface area contributed by atoms with E-state index in [9.17, 15) is 0 Å². The Bertz CT molecular complexity index is 647. The Hall–Kier alpha value is -2.15. The average Bonchev–Trinajstić information content (AvgIpc) is 3.36. The van der Waals surface area contributed by atoms with Crippen LogP contribution in [0.2, 0.25) is 0 Å². The summed E-state index contributed by atoms with van der Waals surface area (Å²) in [6.45, 7) is 2.11. The summed E-state index contributed by atoms with van der Waals surface area (Å²) in [7, 11) is 1.00. The summed E-state index contributed by atoms with van der Waals surface area (Å²) in [5.74, 6) is 3.12. The van der Waals surface area contributed by atoms with Gasteiger partial charge < -0.3 is 15.3 Å². The second-order valence-electron chi connectivity index (χ2n) is 6.60. The number of aromatic nitrogens is 4. The van der Waals surface area contributed by atoms with Gasteiger partial charge in [0.1, 0.15) is 5.82 Å². The number of hydrogen-bond acceptors (Lipinski definition) is 6. The Morgan fingerprint density at radius 1 is 1.08 bits per heavy atom. The van der Waals surface area contributed by atoms with E-state index in [0.717, 1.165) is 37.8 Å². The van der Waals surface area contributed by atoms with Gasteiger partial charge in [0.05, 0.1) is 0 Å². The van der Waals surface area contributed by atoms with Gasteiger partial charge in [-0.3, -0.25) is 5.10 Å². The molecular formula is C18H28N6O. The summed E-state index contributed by atoms with van der Waals surface area (Å²) in [5, 5.41) is 17.9. The van der Waals surface area contributed by atoms with Crippen LogP contribution in [0, 0.1) is 0 Å². The van der Waals surface area contributed by atoms with Gasteiger partial charge in [0.2, 0.25) is 5.95 Å². The van der Waals surface area contributed by atoms with Crippen molar-refractivity contribution >= 4 is 17.6 Å². The molecule has 25 heavy (non-hydrogen) atoms. The van der Waals surface area contributed by atoms with E-state index in [0.29, 0.717) is 5.92 Å². The highest BCUT2D eigenvalue weighted by Gasteiger charge is 2.19. The summed E-state index contributed by atoms with van der Waals surface area (Å²) in [4.78, 5) is 11.3. The zero-order chi connectivity index (χ0) is 17.5. The van der Waals surface area contributed by atoms with Gasteiger partial charge in [-0.2, -0.15) is 10.1 Å². The number of piperidine rings is 1. The average molecular weight is 344 g/mol. The quantitative estimate of drug-likeness (QED) is 0.789. The minimum absolute atomic E-state index is 0.646. The van der Waals surface area contributed by atoms with Gasteiger partial charge in [-0.1, -0.05) is 12.8 Å². The highest BCUT2D eigenvalue weighted by molar-refractivity contribution is 5.53. The van der Waals surface area contributed by atoms with E-state index < -0.39 is 0 Å². The fraction of sp³-hybridized carbons (Fsp3) is 0.611. The molecule has 136 valence electrons. The fourth-order valence-corrected chi connectivity index (χ4v) is 3.64. The Labute approximate surface area is 148 Å². The summed E-state index contributed by atoms with van der Waals surface area (Å²) in [5.41, 5.74) is 1.25. The first-order valence-electron chi connectivity index (χ1n) is 9.23. The lowest BCUT2D eigenvalue weighted by molar-refractivity contribution is 0.399. The van der Waals surface area contributed by atoms with E-state index in [2.05, 4.69) is 36.4 Å². The number of aliphatic hydroxyl groups is 1. The molecule has 0 radical (unpaired) electrons. The van der Waals surface area contributed by atoms with Crippen molar-refractivity contribution in [2.45, 2.75) is 50.9 Å². The molecule has 3 heterocycles.